The Bertz CT molecular complexity index is 698. The van der Waals surface area contributed by atoms with Gasteiger partial charge in [0.2, 0.25) is 0 Å². The maximum atomic E-state index is 5.31. The number of hydrogen-bond acceptors (Lipinski definition) is 4. The normalized spacial score (nSPS) is 27.6. The predicted octanol–water partition coefficient (Wildman–Crippen LogP) is 3.72. The topological polar surface area (TPSA) is 47.0 Å². The van der Waals surface area contributed by atoms with Crippen LogP contribution in [0.1, 0.15) is 49.1 Å². The van der Waals surface area contributed by atoms with Crippen LogP contribution in [0.15, 0.2) is 36.7 Å². The Hall–Kier alpha value is -1.94. The minimum absolute atomic E-state index is 0.562. The first kappa shape index (κ1) is 16.5. The van der Waals surface area contributed by atoms with Crippen molar-refractivity contribution in [1.82, 2.24) is 15.3 Å². The molecule has 0 aliphatic heterocycles. The number of nitrogens with zero attached hydrogens (tertiary/aromatic N) is 2. The van der Waals surface area contributed by atoms with Crippen molar-refractivity contribution in [1.29, 1.82) is 0 Å². The van der Waals surface area contributed by atoms with E-state index in [1.165, 1.54) is 30.4 Å². The number of fused-ring (bicyclic) bond motifs is 1. The summed E-state index contributed by atoms with van der Waals surface area (Å²) in [6.07, 6.45) is 8.92. The van der Waals surface area contributed by atoms with Crippen LogP contribution in [0.25, 0.3) is 0 Å². The summed E-state index contributed by atoms with van der Waals surface area (Å²) in [5.41, 5.74) is 2.62. The second kappa shape index (κ2) is 7.12. The number of rotatable bonds is 6. The van der Waals surface area contributed by atoms with Crippen LogP contribution in [0.4, 0.5) is 0 Å². The molecule has 25 heavy (non-hydrogen) atoms. The molecular formula is C21H27N3O. The fraction of sp³-hybridized carbons (Fsp3) is 0.524. The molecule has 4 atom stereocenters. The summed E-state index contributed by atoms with van der Waals surface area (Å²) in [5, 5.41) is 3.81. The summed E-state index contributed by atoms with van der Waals surface area (Å²) in [4.78, 5) is 8.83. The van der Waals surface area contributed by atoms with E-state index in [4.69, 9.17) is 4.74 Å². The van der Waals surface area contributed by atoms with Crippen LogP contribution >= 0.6 is 0 Å². The SMILES string of the molecule is CCc1ncc(CN[C@@H]2C3CCCC3[C@H]2c2ccc(OC)cc2)cn1. The molecule has 2 fully saturated rings. The van der Waals surface area contributed by atoms with Crippen molar-refractivity contribution in [3.63, 3.8) is 0 Å². The summed E-state index contributed by atoms with van der Waals surface area (Å²) < 4.78 is 5.31. The molecule has 0 spiro atoms. The van der Waals surface area contributed by atoms with Crippen molar-refractivity contribution in [3.8, 4) is 5.75 Å². The van der Waals surface area contributed by atoms with Gasteiger partial charge in [0, 0.05) is 42.9 Å². The van der Waals surface area contributed by atoms with Crippen molar-refractivity contribution in [2.24, 2.45) is 11.8 Å². The third kappa shape index (κ3) is 3.15. The summed E-state index contributed by atoms with van der Waals surface area (Å²) in [5.74, 6) is 4.13. The smallest absolute Gasteiger partial charge is 0.127 e. The highest BCUT2D eigenvalue weighted by atomic mass is 16.5. The Kier molecular flexibility index (Phi) is 4.71. The zero-order valence-corrected chi connectivity index (χ0v) is 15.1. The summed E-state index contributed by atoms with van der Waals surface area (Å²) in [6, 6.07) is 9.22. The zero-order valence-electron chi connectivity index (χ0n) is 15.1. The van der Waals surface area contributed by atoms with E-state index in [0.29, 0.717) is 12.0 Å². The molecule has 0 saturated heterocycles. The molecule has 1 aromatic carbocycles. The number of benzene rings is 1. The molecule has 4 heteroatoms. The van der Waals surface area contributed by atoms with Gasteiger partial charge in [0.15, 0.2) is 0 Å². The van der Waals surface area contributed by atoms with Gasteiger partial charge in [-0.2, -0.15) is 0 Å². The Morgan fingerprint density at radius 3 is 2.48 bits per heavy atom. The first-order chi connectivity index (χ1) is 12.3. The van der Waals surface area contributed by atoms with Gasteiger partial charge in [-0.05, 0) is 42.4 Å². The fourth-order valence-corrected chi connectivity index (χ4v) is 4.75. The molecule has 1 heterocycles. The highest BCUT2D eigenvalue weighted by Crippen LogP contribution is 2.56. The average Bonchev–Trinajstić information content (AvgIpc) is 3.07. The van der Waals surface area contributed by atoms with Crippen LogP contribution in [-0.4, -0.2) is 23.1 Å². The van der Waals surface area contributed by atoms with Crippen molar-refractivity contribution < 1.29 is 4.74 Å². The first-order valence-electron chi connectivity index (χ1n) is 9.47. The molecule has 0 radical (unpaired) electrons. The second-order valence-electron chi connectivity index (χ2n) is 7.33. The van der Waals surface area contributed by atoms with Gasteiger partial charge in [-0.1, -0.05) is 25.5 Å². The van der Waals surface area contributed by atoms with Gasteiger partial charge in [0.1, 0.15) is 11.6 Å². The lowest BCUT2D eigenvalue weighted by Crippen LogP contribution is -2.54. The zero-order chi connectivity index (χ0) is 17.2. The second-order valence-corrected chi connectivity index (χ2v) is 7.33. The first-order valence-corrected chi connectivity index (χ1v) is 9.47. The summed E-state index contributed by atoms with van der Waals surface area (Å²) >= 11 is 0. The van der Waals surface area contributed by atoms with Crippen LogP contribution < -0.4 is 10.1 Å². The van der Waals surface area contributed by atoms with Crippen molar-refractivity contribution >= 4 is 0 Å². The summed E-state index contributed by atoms with van der Waals surface area (Å²) in [6.45, 7) is 2.94. The molecule has 1 N–H and O–H groups in total. The van der Waals surface area contributed by atoms with E-state index in [1.54, 1.807) is 7.11 Å². The quantitative estimate of drug-likeness (QED) is 0.873. The van der Waals surface area contributed by atoms with E-state index < -0.39 is 0 Å². The van der Waals surface area contributed by atoms with Gasteiger partial charge < -0.3 is 10.1 Å². The number of methoxy groups -OCH3 is 1. The van der Waals surface area contributed by atoms with E-state index >= 15 is 0 Å². The van der Waals surface area contributed by atoms with Gasteiger partial charge in [-0.25, -0.2) is 9.97 Å². The molecule has 2 aliphatic carbocycles. The molecular weight excluding hydrogens is 310 g/mol. The van der Waals surface area contributed by atoms with Gasteiger partial charge >= 0.3 is 0 Å². The number of nitrogens with one attached hydrogen (secondary N) is 1. The van der Waals surface area contributed by atoms with Crippen LogP contribution in [0.2, 0.25) is 0 Å². The van der Waals surface area contributed by atoms with Gasteiger partial charge in [-0.3, -0.25) is 0 Å². The highest BCUT2D eigenvalue weighted by Gasteiger charge is 2.52. The average molecular weight is 337 g/mol. The Morgan fingerprint density at radius 1 is 1.08 bits per heavy atom. The Labute approximate surface area is 150 Å². The van der Waals surface area contributed by atoms with E-state index in [1.807, 2.05) is 12.4 Å². The molecule has 2 saturated carbocycles. The molecule has 1 aromatic heterocycles. The largest absolute Gasteiger partial charge is 0.497 e. The monoisotopic (exact) mass is 337 g/mol. The molecule has 2 aliphatic rings. The number of hydrogen-bond donors (Lipinski definition) is 1. The Morgan fingerprint density at radius 2 is 1.80 bits per heavy atom. The summed E-state index contributed by atoms with van der Waals surface area (Å²) in [7, 11) is 1.72. The van der Waals surface area contributed by atoms with Crippen LogP contribution in [-0.2, 0) is 13.0 Å². The third-order valence-corrected chi connectivity index (χ3v) is 6.05. The van der Waals surface area contributed by atoms with Gasteiger partial charge in [0.05, 0.1) is 7.11 Å². The van der Waals surface area contributed by atoms with Crippen molar-refractivity contribution in [2.45, 2.75) is 51.1 Å². The minimum atomic E-state index is 0.562. The van der Waals surface area contributed by atoms with E-state index in [-0.39, 0.29) is 0 Å². The van der Waals surface area contributed by atoms with E-state index in [9.17, 15) is 0 Å². The van der Waals surface area contributed by atoms with Crippen LogP contribution in [0.5, 0.6) is 5.75 Å². The predicted molar refractivity (Wildman–Crippen MR) is 98.6 cm³/mol. The standard InChI is InChI=1S/C21H27N3O/c1-3-19-22-11-14(12-23-19)13-24-21-18-6-4-5-17(18)20(21)15-7-9-16(25-2)10-8-15/h7-12,17-18,20-21,24H,3-6,13H2,1-2H3/t17?,18?,20-,21-/m1/s1. The van der Waals surface area contributed by atoms with Crippen molar-refractivity contribution in [2.75, 3.05) is 7.11 Å². The van der Waals surface area contributed by atoms with Gasteiger partial charge in [0.25, 0.3) is 0 Å². The third-order valence-electron chi connectivity index (χ3n) is 6.05. The molecule has 0 bridgehead atoms. The maximum Gasteiger partial charge on any atom is 0.127 e. The number of aryl methyl sites for hydroxylation is 1. The van der Waals surface area contributed by atoms with Crippen LogP contribution in [0, 0.1) is 11.8 Å². The highest BCUT2D eigenvalue weighted by molar-refractivity contribution is 5.34. The fourth-order valence-electron chi connectivity index (χ4n) is 4.75. The molecule has 2 unspecified atom stereocenters. The van der Waals surface area contributed by atoms with E-state index in [2.05, 4.69) is 46.5 Å². The molecule has 4 nitrogen and oxygen atoms in total. The molecule has 0 amide bonds. The molecule has 132 valence electrons. The lowest BCUT2D eigenvalue weighted by atomic mass is 9.60. The van der Waals surface area contributed by atoms with Crippen LogP contribution in [0.3, 0.4) is 0 Å². The number of ether oxygens (including phenoxy) is 1. The van der Waals surface area contributed by atoms with Crippen molar-refractivity contribution in [3.05, 3.63) is 53.6 Å². The minimum Gasteiger partial charge on any atom is -0.497 e. The van der Waals surface area contributed by atoms with E-state index in [0.717, 1.165) is 36.4 Å². The Balaban J connectivity index is 1.46. The molecule has 4 rings (SSSR count). The number of aromatic nitrogens is 2. The maximum absolute atomic E-state index is 5.31. The molecule has 2 aromatic rings. The lowest BCUT2D eigenvalue weighted by molar-refractivity contribution is 0.0940. The lowest BCUT2D eigenvalue weighted by Gasteiger charge is -2.50. The van der Waals surface area contributed by atoms with Gasteiger partial charge in [-0.15, -0.1) is 0 Å².